The Morgan fingerprint density at radius 1 is 1.25 bits per heavy atom. The molecule has 1 aliphatic rings. The van der Waals surface area contributed by atoms with E-state index in [2.05, 4.69) is 5.32 Å². The first-order valence-electron chi connectivity index (χ1n) is 7.14. The van der Waals surface area contributed by atoms with Gasteiger partial charge in [-0.3, -0.25) is 0 Å². The van der Waals surface area contributed by atoms with Crippen LogP contribution < -0.4 is 5.32 Å². The third kappa shape index (κ3) is 3.31. The molecule has 1 aromatic carbocycles. The summed E-state index contributed by atoms with van der Waals surface area (Å²) in [6.45, 7) is 2.04. The van der Waals surface area contributed by atoms with Gasteiger partial charge in [0.15, 0.2) is 0 Å². The molecule has 1 fully saturated rings. The summed E-state index contributed by atoms with van der Waals surface area (Å²) < 4.78 is 10.3. The minimum Gasteiger partial charge on any atom is -0.465 e. The maximum Gasteiger partial charge on any atom is 0.337 e. The van der Waals surface area contributed by atoms with Gasteiger partial charge in [0.2, 0.25) is 0 Å². The number of rotatable bonds is 4. The Bertz CT molecular complexity index is 473. The van der Waals surface area contributed by atoms with Crippen LogP contribution >= 0.6 is 0 Å². The highest BCUT2D eigenvalue weighted by atomic mass is 16.5. The summed E-state index contributed by atoms with van der Waals surface area (Å²) in [4.78, 5) is 11.6. The Morgan fingerprint density at radius 2 is 2.00 bits per heavy atom. The molecule has 2 unspecified atom stereocenters. The zero-order valence-electron chi connectivity index (χ0n) is 12.4. The predicted octanol–water partition coefficient (Wildman–Crippen LogP) is 3.15. The second-order valence-electron chi connectivity index (χ2n) is 5.33. The standard InChI is InChI=1S/C16H23NO3/c1-11-8-9-12(16(18)20-3)10-14(11)17-13-6-4-5-7-15(13)19-2/h8-10,13,15,17H,4-7H2,1-3H3. The van der Waals surface area contributed by atoms with Gasteiger partial charge in [-0.1, -0.05) is 18.9 Å². The number of carbonyl (C=O) groups excluding carboxylic acids is 1. The summed E-state index contributed by atoms with van der Waals surface area (Å²) in [6, 6.07) is 5.91. The fourth-order valence-corrected chi connectivity index (χ4v) is 2.77. The van der Waals surface area contributed by atoms with Gasteiger partial charge in [0.25, 0.3) is 0 Å². The lowest BCUT2D eigenvalue weighted by molar-refractivity contribution is 0.0600. The normalized spacial score (nSPS) is 22.4. The molecule has 0 saturated heterocycles. The van der Waals surface area contributed by atoms with Crippen molar-refractivity contribution in [3.63, 3.8) is 0 Å². The minimum atomic E-state index is -0.306. The highest BCUT2D eigenvalue weighted by molar-refractivity contribution is 5.90. The molecular weight excluding hydrogens is 254 g/mol. The molecule has 0 aliphatic heterocycles. The van der Waals surface area contributed by atoms with Crippen molar-refractivity contribution in [3.8, 4) is 0 Å². The van der Waals surface area contributed by atoms with Crippen molar-refractivity contribution in [1.82, 2.24) is 0 Å². The zero-order chi connectivity index (χ0) is 14.5. The molecule has 0 radical (unpaired) electrons. The molecule has 110 valence electrons. The molecule has 0 heterocycles. The molecule has 1 N–H and O–H groups in total. The molecule has 4 heteroatoms. The smallest absolute Gasteiger partial charge is 0.337 e. The van der Waals surface area contributed by atoms with Crippen molar-refractivity contribution in [2.45, 2.75) is 44.8 Å². The lowest BCUT2D eigenvalue weighted by Crippen LogP contribution is -2.38. The fraction of sp³-hybridized carbons (Fsp3) is 0.562. The predicted molar refractivity (Wildman–Crippen MR) is 79.2 cm³/mol. The third-order valence-electron chi connectivity index (χ3n) is 4.00. The average molecular weight is 277 g/mol. The first-order chi connectivity index (χ1) is 9.65. The van der Waals surface area contributed by atoms with Crippen LogP contribution in [0.5, 0.6) is 0 Å². The lowest BCUT2D eigenvalue weighted by atomic mass is 9.92. The van der Waals surface area contributed by atoms with Crippen molar-refractivity contribution in [1.29, 1.82) is 0 Å². The first kappa shape index (κ1) is 14.9. The minimum absolute atomic E-state index is 0.241. The van der Waals surface area contributed by atoms with E-state index < -0.39 is 0 Å². The van der Waals surface area contributed by atoms with Crippen molar-refractivity contribution in [2.24, 2.45) is 0 Å². The van der Waals surface area contributed by atoms with E-state index in [4.69, 9.17) is 9.47 Å². The summed E-state index contributed by atoms with van der Waals surface area (Å²) in [5.41, 5.74) is 2.69. The average Bonchev–Trinajstić information content (AvgIpc) is 2.49. The van der Waals surface area contributed by atoms with Crippen LogP contribution in [0, 0.1) is 6.92 Å². The second kappa shape index (κ2) is 6.75. The molecule has 0 aromatic heterocycles. The molecule has 1 aromatic rings. The van der Waals surface area contributed by atoms with E-state index in [9.17, 15) is 4.79 Å². The van der Waals surface area contributed by atoms with Crippen molar-refractivity contribution in [2.75, 3.05) is 19.5 Å². The zero-order valence-corrected chi connectivity index (χ0v) is 12.4. The fourth-order valence-electron chi connectivity index (χ4n) is 2.77. The summed E-state index contributed by atoms with van der Waals surface area (Å²) in [6.07, 6.45) is 4.86. The highest BCUT2D eigenvalue weighted by Crippen LogP contribution is 2.26. The molecular formula is C16H23NO3. The molecule has 2 atom stereocenters. The van der Waals surface area contributed by atoms with Crippen molar-refractivity contribution in [3.05, 3.63) is 29.3 Å². The van der Waals surface area contributed by atoms with Crippen LogP contribution in [-0.4, -0.2) is 32.3 Å². The van der Waals surface area contributed by atoms with E-state index in [0.717, 1.165) is 24.1 Å². The van der Waals surface area contributed by atoms with Crippen LogP contribution in [0.2, 0.25) is 0 Å². The Morgan fingerprint density at radius 3 is 2.70 bits per heavy atom. The number of anilines is 1. The number of carbonyl (C=O) groups is 1. The third-order valence-corrected chi connectivity index (χ3v) is 4.00. The van der Waals surface area contributed by atoms with Crippen LogP contribution in [0.25, 0.3) is 0 Å². The molecule has 2 rings (SSSR count). The maximum absolute atomic E-state index is 11.6. The molecule has 0 amide bonds. The van der Waals surface area contributed by atoms with E-state index >= 15 is 0 Å². The number of aryl methyl sites for hydroxylation is 1. The Balaban J connectivity index is 2.17. The van der Waals surface area contributed by atoms with Crippen LogP contribution in [0.15, 0.2) is 18.2 Å². The van der Waals surface area contributed by atoms with Gasteiger partial charge in [0.1, 0.15) is 0 Å². The molecule has 1 aliphatic carbocycles. The van der Waals surface area contributed by atoms with Crippen molar-refractivity contribution < 1.29 is 14.3 Å². The highest BCUT2D eigenvalue weighted by Gasteiger charge is 2.25. The monoisotopic (exact) mass is 277 g/mol. The van der Waals surface area contributed by atoms with E-state index in [1.807, 2.05) is 19.1 Å². The van der Waals surface area contributed by atoms with Gasteiger partial charge >= 0.3 is 5.97 Å². The summed E-state index contributed by atoms with van der Waals surface area (Å²) in [7, 11) is 3.17. The number of hydrogen-bond acceptors (Lipinski definition) is 4. The first-order valence-corrected chi connectivity index (χ1v) is 7.14. The van der Waals surface area contributed by atoms with Gasteiger partial charge in [-0.05, 0) is 37.5 Å². The molecule has 1 saturated carbocycles. The van der Waals surface area contributed by atoms with E-state index in [1.165, 1.54) is 20.0 Å². The van der Waals surface area contributed by atoms with Gasteiger partial charge in [-0.2, -0.15) is 0 Å². The van der Waals surface area contributed by atoms with Gasteiger partial charge in [-0.25, -0.2) is 4.79 Å². The van der Waals surface area contributed by atoms with E-state index in [1.54, 1.807) is 13.2 Å². The largest absolute Gasteiger partial charge is 0.465 e. The van der Waals surface area contributed by atoms with Gasteiger partial charge < -0.3 is 14.8 Å². The van der Waals surface area contributed by atoms with Gasteiger partial charge in [0.05, 0.1) is 24.8 Å². The van der Waals surface area contributed by atoms with E-state index in [0.29, 0.717) is 11.6 Å². The molecule has 0 bridgehead atoms. The number of hydrogen-bond donors (Lipinski definition) is 1. The van der Waals surface area contributed by atoms with Crippen LogP contribution in [0.1, 0.15) is 41.6 Å². The SMILES string of the molecule is COC(=O)c1ccc(C)c(NC2CCCCC2OC)c1. The number of ether oxygens (including phenoxy) is 2. The van der Waals surface area contributed by atoms with Gasteiger partial charge in [0, 0.05) is 12.8 Å². The number of methoxy groups -OCH3 is 2. The Labute approximate surface area is 120 Å². The Kier molecular flexibility index (Phi) is 5.01. The topological polar surface area (TPSA) is 47.6 Å². The number of benzene rings is 1. The molecule has 20 heavy (non-hydrogen) atoms. The second-order valence-corrected chi connectivity index (χ2v) is 5.33. The van der Waals surface area contributed by atoms with E-state index in [-0.39, 0.29) is 12.1 Å². The van der Waals surface area contributed by atoms with Gasteiger partial charge in [-0.15, -0.1) is 0 Å². The lowest BCUT2D eigenvalue weighted by Gasteiger charge is -2.32. The number of esters is 1. The maximum atomic E-state index is 11.6. The van der Waals surface area contributed by atoms with Crippen LogP contribution in [0.4, 0.5) is 5.69 Å². The molecule has 0 spiro atoms. The molecule has 4 nitrogen and oxygen atoms in total. The quantitative estimate of drug-likeness (QED) is 0.859. The summed E-state index contributed by atoms with van der Waals surface area (Å²) >= 11 is 0. The summed E-state index contributed by atoms with van der Waals surface area (Å²) in [5.74, 6) is -0.306. The summed E-state index contributed by atoms with van der Waals surface area (Å²) in [5, 5.41) is 3.54. The number of nitrogens with one attached hydrogen (secondary N) is 1. The van der Waals surface area contributed by atoms with Crippen LogP contribution in [-0.2, 0) is 9.47 Å². The van der Waals surface area contributed by atoms with Crippen molar-refractivity contribution >= 4 is 11.7 Å². The van der Waals surface area contributed by atoms with Crippen LogP contribution in [0.3, 0.4) is 0 Å². The Hall–Kier alpha value is -1.55.